The van der Waals surface area contributed by atoms with Gasteiger partial charge in [-0.15, -0.1) is 11.3 Å². The summed E-state index contributed by atoms with van der Waals surface area (Å²) in [6, 6.07) is 1.73. The smallest absolute Gasteiger partial charge is 0.263 e. The minimum Gasteiger partial charge on any atom is -0.323 e. The normalized spacial score (nSPS) is 25.9. The van der Waals surface area contributed by atoms with E-state index in [9.17, 15) is 13.2 Å². The van der Waals surface area contributed by atoms with E-state index in [1.54, 1.807) is 13.0 Å². The number of hydrogen-bond acceptors (Lipinski definition) is 5. The highest BCUT2D eigenvalue weighted by molar-refractivity contribution is 7.91. The van der Waals surface area contributed by atoms with Crippen LogP contribution in [-0.2, 0) is 15.4 Å². The Bertz CT molecular complexity index is 874. The van der Waals surface area contributed by atoms with Crippen LogP contribution in [0.2, 0.25) is 0 Å². The molecule has 2 aromatic rings. The quantitative estimate of drug-likeness (QED) is 0.812. The zero-order valence-corrected chi connectivity index (χ0v) is 12.6. The van der Waals surface area contributed by atoms with Gasteiger partial charge >= 0.3 is 0 Å². The summed E-state index contributed by atoms with van der Waals surface area (Å²) in [4.78, 5) is 16.2. The van der Waals surface area contributed by atoms with Gasteiger partial charge < -0.3 is 4.98 Å². The molecule has 0 aliphatic carbocycles. The van der Waals surface area contributed by atoms with Crippen molar-refractivity contribution in [3.05, 3.63) is 26.6 Å². The molecule has 5 nitrogen and oxygen atoms in total. The van der Waals surface area contributed by atoms with Crippen molar-refractivity contribution < 1.29 is 8.42 Å². The van der Waals surface area contributed by atoms with E-state index < -0.39 is 15.4 Å². The molecule has 102 valence electrons. The molecular weight excluding hydrogens is 304 g/mol. The van der Waals surface area contributed by atoms with Gasteiger partial charge in [0.25, 0.3) is 5.56 Å². The topological polar surface area (TPSA) is 71.9 Å². The van der Waals surface area contributed by atoms with Gasteiger partial charge in [0, 0.05) is 0 Å². The lowest BCUT2D eigenvalue weighted by molar-refractivity contribution is 0.348. The van der Waals surface area contributed by atoms with Gasteiger partial charge in [-0.2, -0.15) is 0 Å². The second-order valence-corrected chi connectivity index (χ2v) is 8.56. The highest BCUT2D eigenvalue weighted by Crippen LogP contribution is 2.30. The summed E-state index contributed by atoms with van der Waals surface area (Å²) in [6.07, 6.45) is 0.419. The lowest BCUT2D eigenvalue weighted by Gasteiger charge is -2.25. The van der Waals surface area contributed by atoms with Gasteiger partial charge in [0.15, 0.2) is 14.6 Å². The van der Waals surface area contributed by atoms with Crippen LogP contribution in [0.1, 0.15) is 13.3 Å². The summed E-state index contributed by atoms with van der Waals surface area (Å²) < 4.78 is 25.1. The zero-order valence-electron chi connectivity index (χ0n) is 10.2. The average Bonchev–Trinajstić information content (AvgIpc) is 2.83. The van der Waals surface area contributed by atoms with Crippen molar-refractivity contribution in [3.8, 4) is 0 Å². The Balaban J connectivity index is 2.32. The molecule has 1 fully saturated rings. The number of hydrogen-bond donors (Lipinski definition) is 1. The molecule has 0 radical (unpaired) electrons. The summed E-state index contributed by atoms with van der Waals surface area (Å²) in [5.41, 5.74) is -0.959. The number of nitrogens with zero attached hydrogens (tertiary/aromatic N) is 1. The third-order valence-corrected chi connectivity index (χ3v) is 6.55. The summed E-state index contributed by atoms with van der Waals surface area (Å²) in [5.74, 6) is 0.0689. The predicted octanol–water partition coefficient (Wildman–Crippen LogP) is 1.65. The Kier molecular flexibility index (Phi) is 2.74. The van der Waals surface area contributed by atoms with Gasteiger partial charge in [0.2, 0.25) is 0 Å². The Morgan fingerprint density at radius 3 is 2.89 bits per heavy atom. The lowest BCUT2D eigenvalue weighted by atomic mass is 10.0. The summed E-state index contributed by atoms with van der Waals surface area (Å²) in [7, 11) is -3.09. The summed E-state index contributed by atoms with van der Waals surface area (Å²) >= 11 is 6.65. The fourth-order valence-corrected chi connectivity index (χ4v) is 5.96. The Hall–Kier alpha value is -0.990. The largest absolute Gasteiger partial charge is 0.323 e. The first-order valence-corrected chi connectivity index (χ1v) is 8.87. The van der Waals surface area contributed by atoms with Gasteiger partial charge in [-0.05, 0) is 37.0 Å². The van der Waals surface area contributed by atoms with E-state index in [0.717, 1.165) is 4.83 Å². The first-order chi connectivity index (χ1) is 8.82. The van der Waals surface area contributed by atoms with Crippen molar-refractivity contribution in [1.29, 1.82) is 0 Å². The fourth-order valence-electron chi connectivity index (χ4n) is 2.60. The minimum atomic E-state index is -3.09. The Labute approximate surface area is 118 Å². The molecule has 1 aliphatic heterocycles. The number of aromatic amines is 1. The third-order valence-electron chi connectivity index (χ3n) is 3.54. The van der Waals surface area contributed by atoms with Gasteiger partial charge in [-0.1, -0.05) is 0 Å². The summed E-state index contributed by atoms with van der Waals surface area (Å²) in [6.45, 7) is 1.78. The van der Waals surface area contributed by atoms with E-state index in [2.05, 4.69) is 4.98 Å². The van der Waals surface area contributed by atoms with Crippen LogP contribution >= 0.6 is 23.6 Å². The van der Waals surface area contributed by atoms with Crippen LogP contribution in [0.5, 0.6) is 0 Å². The highest BCUT2D eigenvalue weighted by atomic mass is 32.2. The predicted molar refractivity (Wildman–Crippen MR) is 78.2 cm³/mol. The highest BCUT2D eigenvalue weighted by Gasteiger charge is 2.41. The zero-order chi connectivity index (χ0) is 13.8. The minimum absolute atomic E-state index is 0.0347. The summed E-state index contributed by atoms with van der Waals surface area (Å²) in [5, 5.41) is 2.37. The number of fused-ring (bicyclic) bond motifs is 1. The molecule has 0 amide bonds. The molecule has 1 unspecified atom stereocenters. The van der Waals surface area contributed by atoms with Crippen LogP contribution in [0.15, 0.2) is 16.2 Å². The fraction of sp³-hybridized carbons (Fsp3) is 0.455. The van der Waals surface area contributed by atoms with Crippen LogP contribution in [0.3, 0.4) is 0 Å². The number of H-pyrrole nitrogens is 1. The van der Waals surface area contributed by atoms with Crippen molar-refractivity contribution >= 4 is 43.6 Å². The van der Waals surface area contributed by atoms with Crippen molar-refractivity contribution in [2.75, 3.05) is 11.5 Å². The van der Waals surface area contributed by atoms with Crippen molar-refractivity contribution in [2.24, 2.45) is 0 Å². The number of thiophene rings is 1. The molecule has 3 rings (SSSR count). The second kappa shape index (κ2) is 4.00. The van der Waals surface area contributed by atoms with Crippen molar-refractivity contribution in [3.63, 3.8) is 0 Å². The number of rotatable bonds is 1. The first-order valence-electron chi connectivity index (χ1n) is 5.76. The molecule has 1 atom stereocenters. The maximum Gasteiger partial charge on any atom is 0.263 e. The molecule has 19 heavy (non-hydrogen) atoms. The monoisotopic (exact) mass is 316 g/mol. The van der Waals surface area contributed by atoms with E-state index in [4.69, 9.17) is 12.2 Å². The van der Waals surface area contributed by atoms with Crippen LogP contribution in [0.25, 0.3) is 10.2 Å². The first kappa shape index (κ1) is 13.0. The van der Waals surface area contributed by atoms with Gasteiger partial charge in [0.05, 0.1) is 22.4 Å². The molecular formula is C11H12N2O3S3. The lowest BCUT2D eigenvalue weighted by Crippen LogP contribution is -2.40. The van der Waals surface area contributed by atoms with Crippen LogP contribution in [0, 0.1) is 4.77 Å². The molecule has 0 saturated carbocycles. The average molecular weight is 316 g/mol. The van der Waals surface area contributed by atoms with E-state index in [1.807, 2.05) is 5.38 Å². The van der Waals surface area contributed by atoms with Crippen LogP contribution in [-0.4, -0.2) is 29.5 Å². The van der Waals surface area contributed by atoms with Gasteiger partial charge in [0.1, 0.15) is 4.83 Å². The molecule has 3 heterocycles. The van der Waals surface area contributed by atoms with E-state index in [-0.39, 0.29) is 17.1 Å². The number of sulfone groups is 1. The molecule has 1 aliphatic rings. The molecule has 1 saturated heterocycles. The van der Waals surface area contributed by atoms with E-state index >= 15 is 0 Å². The Morgan fingerprint density at radius 2 is 2.26 bits per heavy atom. The number of aromatic nitrogens is 2. The molecule has 8 heteroatoms. The second-order valence-electron chi connectivity index (χ2n) is 5.07. The van der Waals surface area contributed by atoms with Crippen LogP contribution < -0.4 is 5.56 Å². The van der Waals surface area contributed by atoms with E-state index in [0.29, 0.717) is 16.6 Å². The third kappa shape index (κ3) is 1.98. The maximum absolute atomic E-state index is 12.5. The molecule has 2 aromatic heterocycles. The van der Waals surface area contributed by atoms with Crippen molar-refractivity contribution in [1.82, 2.24) is 9.55 Å². The van der Waals surface area contributed by atoms with Crippen molar-refractivity contribution in [2.45, 2.75) is 18.9 Å². The standard InChI is InChI=1S/C11H12N2O3S3/c1-11(3-5-19(15,16)6-11)13-9(14)7-2-4-18-8(7)12-10(13)17/h2,4H,3,5-6H2,1H3,(H,12,17). The Morgan fingerprint density at radius 1 is 1.53 bits per heavy atom. The van der Waals surface area contributed by atoms with Crippen LogP contribution in [0.4, 0.5) is 0 Å². The molecule has 0 bridgehead atoms. The number of nitrogens with one attached hydrogen (secondary N) is 1. The SMILES string of the molecule is CC1(n2c(=S)[nH]c3sccc3c2=O)CCS(=O)(=O)C1. The molecule has 0 aromatic carbocycles. The van der Waals surface area contributed by atoms with Gasteiger partial charge in [-0.3, -0.25) is 9.36 Å². The van der Waals surface area contributed by atoms with Gasteiger partial charge in [-0.25, -0.2) is 8.42 Å². The molecule has 0 spiro atoms. The maximum atomic E-state index is 12.5. The molecule has 1 N–H and O–H groups in total. The van der Waals surface area contributed by atoms with E-state index in [1.165, 1.54) is 15.9 Å².